The normalized spacial score (nSPS) is 15.1. The third-order valence-electron chi connectivity index (χ3n) is 4.68. The third kappa shape index (κ3) is 5.18. The highest BCUT2D eigenvalue weighted by Crippen LogP contribution is 2.14. The van der Waals surface area contributed by atoms with Gasteiger partial charge in [-0.05, 0) is 38.3 Å². The first kappa shape index (κ1) is 19.1. The van der Waals surface area contributed by atoms with Gasteiger partial charge in [0.05, 0.1) is 0 Å². The maximum Gasteiger partial charge on any atom is 0.287 e. The average molecular weight is 374 g/mol. The number of rotatable bonds is 7. The van der Waals surface area contributed by atoms with E-state index in [1.54, 1.807) is 19.1 Å². The summed E-state index contributed by atoms with van der Waals surface area (Å²) in [6, 6.07) is 3.50. The zero-order chi connectivity index (χ0) is 19.2. The molecule has 0 radical (unpaired) electrons. The summed E-state index contributed by atoms with van der Waals surface area (Å²) in [4.78, 5) is 30.7. The molecule has 8 heteroatoms. The monoisotopic (exact) mass is 374 g/mol. The van der Waals surface area contributed by atoms with Crippen LogP contribution in [0.3, 0.4) is 0 Å². The minimum Gasteiger partial charge on any atom is -0.456 e. The zero-order valence-corrected chi connectivity index (χ0v) is 15.9. The van der Waals surface area contributed by atoms with E-state index in [4.69, 9.17) is 8.94 Å². The molecular formula is C19H26N4O4. The number of aryl methyl sites for hydroxylation is 3. The first-order valence-electron chi connectivity index (χ1n) is 9.51. The molecule has 8 nitrogen and oxygen atoms in total. The molecule has 0 atom stereocenters. The number of hydrogen-bond acceptors (Lipinski definition) is 6. The molecule has 2 aromatic rings. The molecule has 0 aromatic carbocycles. The molecule has 0 unspecified atom stereocenters. The Bertz CT molecular complexity index is 774. The van der Waals surface area contributed by atoms with Gasteiger partial charge in [-0.15, -0.1) is 0 Å². The summed E-state index contributed by atoms with van der Waals surface area (Å²) in [5, 5.41) is 6.88. The molecule has 0 saturated carbocycles. The van der Waals surface area contributed by atoms with E-state index in [0.29, 0.717) is 49.2 Å². The molecule has 146 valence electrons. The Balaban J connectivity index is 1.40. The number of hydrogen-bond donors (Lipinski definition) is 1. The fourth-order valence-electron chi connectivity index (χ4n) is 3.18. The van der Waals surface area contributed by atoms with Crippen molar-refractivity contribution in [3.8, 4) is 0 Å². The topological polar surface area (TPSA) is 101 Å². The summed E-state index contributed by atoms with van der Waals surface area (Å²) in [5.41, 5.74) is 0. The molecule has 3 heterocycles. The van der Waals surface area contributed by atoms with Gasteiger partial charge in [0, 0.05) is 38.4 Å². The summed E-state index contributed by atoms with van der Waals surface area (Å²) < 4.78 is 10.5. The minimum atomic E-state index is -0.202. The zero-order valence-electron chi connectivity index (χ0n) is 15.9. The SMILES string of the molecule is CCCc1noc(CCC(=O)N2CCC(NC(=O)c3ccc(C)o3)CC2)n1. The van der Waals surface area contributed by atoms with E-state index in [1.165, 1.54) is 0 Å². The largest absolute Gasteiger partial charge is 0.456 e. The Kier molecular flexibility index (Phi) is 6.26. The fraction of sp³-hybridized carbons (Fsp3) is 0.579. The minimum absolute atomic E-state index is 0.0551. The maximum absolute atomic E-state index is 12.4. The van der Waals surface area contributed by atoms with Gasteiger partial charge < -0.3 is 19.2 Å². The van der Waals surface area contributed by atoms with Gasteiger partial charge in [-0.25, -0.2) is 0 Å². The summed E-state index contributed by atoms with van der Waals surface area (Å²) in [7, 11) is 0. The quantitative estimate of drug-likeness (QED) is 0.798. The molecule has 1 aliphatic heterocycles. The lowest BCUT2D eigenvalue weighted by Gasteiger charge is -2.32. The Hall–Kier alpha value is -2.64. The van der Waals surface area contributed by atoms with E-state index in [2.05, 4.69) is 22.4 Å². The van der Waals surface area contributed by atoms with Crippen molar-refractivity contribution in [1.82, 2.24) is 20.4 Å². The van der Waals surface area contributed by atoms with Crippen LogP contribution in [0.2, 0.25) is 0 Å². The predicted octanol–water partition coefficient (Wildman–Crippen LogP) is 2.28. The number of amides is 2. The van der Waals surface area contributed by atoms with E-state index in [9.17, 15) is 9.59 Å². The van der Waals surface area contributed by atoms with Crippen LogP contribution >= 0.6 is 0 Å². The average Bonchev–Trinajstić information content (AvgIpc) is 3.29. The number of nitrogens with one attached hydrogen (secondary N) is 1. The van der Waals surface area contributed by atoms with Gasteiger partial charge in [0.1, 0.15) is 5.76 Å². The van der Waals surface area contributed by atoms with E-state index < -0.39 is 0 Å². The van der Waals surface area contributed by atoms with Gasteiger partial charge in [0.15, 0.2) is 11.6 Å². The van der Waals surface area contributed by atoms with Gasteiger partial charge >= 0.3 is 0 Å². The summed E-state index contributed by atoms with van der Waals surface area (Å²) >= 11 is 0. The summed E-state index contributed by atoms with van der Waals surface area (Å²) in [6.45, 7) is 5.12. The van der Waals surface area contributed by atoms with Crippen molar-refractivity contribution in [1.29, 1.82) is 0 Å². The highest BCUT2D eigenvalue weighted by Gasteiger charge is 2.25. The lowest BCUT2D eigenvalue weighted by molar-refractivity contribution is -0.132. The molecule has 3 rings (SSSR count). The van der Waals surface area contributed by atoms with Crippen molar-refractivity contribution < 1.29 is 18.5 Å². The van der Waals surface area contributed by atoms with Crippen LogP contribution in [0.15, 0.2) is 21.1 Å². The first-order chi connectivity index (χ1) is 13.0. The molecule has 2 aromatic heterocycles. The summed E-state index contributed by atoms with van der Waals surface area (Å²) in [6.07, 6.45) is 4.04. The molecule has 27 heavy (non-hydrogen) atoms. The molecule has 1 aliphatic rings. The number of piperidine rings is 1. The second-order valence-corrected chi connectivity index (χ2v) is 6.89. The van der Waals surface area contributed by atoms with Crippen LogP contribution in [0.1, 0.15) is 60.6 Å². The Morgan fingerprint density at radius 2 is 2.04 bits per heavy atom. The molecule has 0 aliphatic carbocycles. The van der Waals surface area contributed by atoms with Crippen LogP contribution in [0, 0.1) is 6.92 Å². The highest BCUT2D eigenvalue weighted by molar-refractivity contribution is 5.91. The van der Waals surface area contributed by atoms with Crippen molar-refractivity contribution in [3.63, 3.8) is 0 Å². The second-order valence-electron chi connectivity index (χ2n) is 6.89. The predicted molar refractivity (Wildman–Crippen MR) is 97.1 cm³/mol. The van der Waals surface area contributed by atoms with E-state index in [-0.39, 0.29) is 17.9 Å². The van der Waals surface area contributed by atoms with Crippen LogP contribution in [0.25, 0.3) is 0 Å². The smallest absolute Gasteiger partial charge is 0.287 e. The van der Waals surface area contributed by atoms with Crippen LogP contribution < -0.4 is 5.32 Å². The first-order valence-corrected chi connectivity index (χ1v) is 9.51. The van der Waals surface area contributed by atoms with Crippen molar-refractivity contribution in [2.45, 2.75) is 58.4 Å². The van der Waals surface area contributed by atoms with Crippen molar-refractivity contribution in [3.05, 3.63) is 35.4 Å². The molecule has 0 spiro atoms. The molecule has 1 fully saturated rings. The number of furan rings is 1. The highest BCUT2D eigenvalue weighted by atomic mass is 16.5. The number of nitrogens with zero attached hydrogens (tertiary/aromatic N) is 3. The van der Waals surface area contributed by atoms with Gasteiger partial charge in [0.2, 0.25) is 11.8 Å². The molecule has 2 amide bonds. The maximum atomic E-state index is 12.4. The lowest BCUT2D eigenvalue weighted by Crippen LogP contribution is -2.46. The van der Waals surface area contributed by atoms with Crippen molar-refractivity contribution in [2.24, 2.45) is 0 Å². The Labute approximate surface area is 158 Å². The number of carbonyl (C=O) groups excluding carboxylic acids is 2. The second kappa shape index (κ2) is 8.83. The van der Waals surface area contributed by atoms with Gasteiger partial charge in [-0.2, -0.15) is 4.98 Å². The van der Waals surface area contributed by atoms with Gasteiger partial charge in [-0.3, -0.25) is 9.59 Å². The van der Waals surface area contributed by atoms with Crippen molar-refractivity contribution >= 4 is 11.8 Å². The van der Waals surface area contributed by atoms with E-state index in [1.807, 2.05) is 4.90 Å². The number of likely N-dealkylation sites (tertiary alicyclic amines) is 1. The van der Waals surface area contributed by atoms with Crippen LogP contribution in [0.5, 0.6) is 0 Å². The third-order valence-corrected chi connectivity index (χ3v) is 4.68. The Morgan fingerprint density at radius 3 is 2.70 bits per heavy atom. The number of carbonyl (C=O) groups is 2. The van der Waals surface area contributed by atoms with E-state index >= 15 is 0 Å². The van der Waals surface area contributed by atoms with Crippen LogP contribution in [-0.2, 0) is 17.6 Å². The summed E-state index contributed by atoms with van der Waals surface area (Å²) in [5.74, 6) is 2.13. The van der Waals surface area contributed by atoms with Gasteiger partial charge in [-0.1, -0.05) is 12.1 Å². The van der Waals surface area contributed by atoms with Crippen LogP contribution in [0.4, 0.5) is 0 Å². The van der Waals surface area contributed by atoms with Crippen LogP contribution in [-0.4, -0.2) is 46.0 Å². The molecule has 1 N–H and O–H groups in total. The molecular weight excluding hydrogens is 348 g/mol. The standard InChI is InChI=1S/C19H26N4O4/c1-3-4-16-21-17(27-22-16)7-8-18(24)23-11-9-14(10-12-23)20-19(25)15-6-5-13(2)26-15/h5-6,14H,3-4,7-12H2,1-2H3,(H,20,25). The molecule has 0 bridgehead atoms. The lowest BCUT2D eigenvalue weighted by atomic mass is 10.0. The van der Waals surface area contributed by atoms with Gasteiger partial charge in [0.25, 0.3) is 5.91 Å². The van der Waals surface area contributed by atoms with Crippen molar-refractivity contribution in [2.75, 3.05) is 13.1 Å². The fourth-order valence-corrected chi connectivity index (χ4v) is 3.18. The number of aromatic nitrogens is 2. The Morgan fingerprint density at radius 1 is 1.26 bits per heavy atom. The molecule has 1 saturated heterocycles. The van der Waals surface area contributed by atoms with E-state index in [0.717, 1.165) is 25.7 Å².